The van der Waals surface area contributed by atoms with Gasteiger partial charge in [-0.2, -0.15) is 13.2 Å². The van der Waals surface area contributed by atoms with E-state index in [9.17, 15) is 27.9 Å². The van der Waals surface area contributed by atoms with E-state index in [0.717, 1.165) is 0 Å². The molecular formula is C29H31ClF3N5O7. The van der Waals surface area contributed by atoms with Gasteiger partial charge in [0.25, 0.3) is 5.91 Å². The number of anilines is 2. The average molecular weight is 654 g/mol. The number of amidine groups is 1. The molecule has 0 heterocycles. The van der Waals surface area contributed by atoms with Crippen LogP contribution in [0.15, 0.2) is 60.7 Å². The number of benzene rings is 3. The maximum Gasteiger partial charge on any atom is 0.490 e. The number of nitrogen functional groups attached to an aromatic ring is 1. The summed E-state index contributed by atoms with van der Waals surface area (Å²) >= 11 is 6.20. The smallest absolute Gasteiger partial charge is 0.490 e. The molecule has 0 aliphatic carbocycles. The Morgan fingerprint density at radius 2 is 1.64 bits per heavy atom. The van der Waals surface area contributed by atoms with Crippen LogP contribution in [-0.2, 0) is 9.59 Å². The van der Waals surface area contributed by atoms with Crippen molar-refractivity contribution >= 4 is 46.7 Å². The summed E-state index contributed by atoms with van der Waals surface area (Å²) in [5.74, 6) is -3.48. The molecule has 0 aliphatic rings. The standard InChI is InChI=1S/C27H30ClN5O5.C2HF3O2/c1-4-37-22-14-17(10-13-21(22)38-15(2)3)24(31-18-11-8-16(9-12-18)25(29)30)26(34)33-32-20-7-5-6-19(23(20)28)27(35)36;3-2(4,5)1(6)7/h5-15,24,31-32H,4H2,1-3H3,(H3,29,30)(H,33,34)(H,35,36);(H,6,7). The second-order valence-corrected chi connectivity index (χ2v) is 9.64. The molecule has 0 aromatic heterocycles. The molecule has 242 valence electrons. The molecule has 1 unspecified atom stereocenters. The van der Waals surface area contributed by atoms with Crippen molar-refractivity contribution in [1.29, 1.82) is 5.41 Å². The van der Waals surface area contributed by atoms with Crippen molar-refractivity contribution in [1.82, 2.24) is 5.43 Å². The van der Waals surface area contributed by atoms with Gasteiger partial charge in [0.1, 0.15) is 11.9 Å². The van der Waals surface area contributed by atoms with Crippen molar-refractivity contribution in [2.75, 3.05) is 17.3 Å². The minimum Gasteiger partial charge on any atom is -0.490 e. The van der Waals surface area contributed by atoms with Crippen molar-refractivity contribution in [2.24, 2.45) is 5.73 Å². The van der Waals surface area contributed by atoms with Crippen LogP contribution in [-0.4, -0.2) is 52.8 Å². The van der Waals surface area contributed by atoms with E-state index < -0.39 is 30.1 Å². The van der Waals surface area contributed by atoms with E-state index in [0.29, 0.717) is 34.9 Å². The fourth-order valence-electron chi connectivity index (χ4n) is 3.53. The van der Waals surface area contributed by atoms with Crippen molar-refractivity contribution in [3.8, 4) is 11.5 Å². The summed E-state index contributed by atoms with van der Waals surface area (Å²) in [6.45, 7) is 6.06. The van der Waals surface area contributed by atoms with Gasteiger partial charge in [0.15, 0.2) is 11.5 Å². The zero-order valence-electron chi connectivity index (χ0n) is 24.2. The van der Waals surface area contributed by atoms with E-state index in [4.69, 9.17) is 42.1 Å². The Morgan fingerprint density at radius 1 is 1.02 bits per heavy atom. The van der Waals surface area contributed by atoms with Crippen LogP contribution in [0.25, 0.3) is 0 Å². The van der Waals surface area contributed by atoms with E-state index in [2.05, 4.69) is 16.2 Å². The molecular weight excluding hydrogens is 623 g/mol. The third-order valence-corrected chi connectivity index (χ3v) is 5.93. The summed E-state index contributed by atoms with van der Waals surface area (Å²) in [5, 5.41) is 27.2. The lowest BCUT2D eigenvalue weighted by atomic mass is 10.0. The van der Waals surface area contributed by atoms with Gasteiger partial charge in [-0.3, -0.25) is 21.1 Å². The fourth-order valence-corrected chi connectivity index (χ4v) is 3.79. The van der Waals surface area contributed by atoms with Crippen molar-refractivity contribution in [3.63, 3.8) is 0 Å². The molecule has 3 aromatic carbocycles. The second kappa shape index (κ2) is 16.0. The predicted octanol–water partition coefficient (Wildman–Crippen LogP) is 5.44. The first-order chi connectivity index (χ1) is 21.0. The third kappa shape index (κ3) is 10.8. The number of carboxylic acid groups (broad SMARTS) is 2. The SMILES string of the molecule is CCOc1cc(C(Nc2ccc(C(=N)N)cc2)C(=O)NNc2cccc(C(=O)O)c2Cl)ccc1OC(C)C.O=C(O)C(F)(F)F. The number of carbonyl (C=O) groups is 3. The number of hydrogen-bond donors (Lipinski definition) is 7. The van der Waals surface area contributed by atoms with Crippen LogP contribution in [0.4, 0.5) is 24.5 Å². The van der Waals surface area contributed by atoms with Crippen LogP contribution in [0.3, 0.4) is 0 Å². The molecule has 0 fully saturated rings. The molecule has 0 aliphatic heterocycles. The highest BCUT2D eigenvalue weighted by molar-refractivity contribution is 6.36. The second-order valence-electron chi connectivity index (χ2n) is 9.26. The summed E-state index contributed by atoms with van der Waals surface area (Å²) in [5.41, 5.74) is 12.7. The van der Waals surface area contributed by atoms with Gasteiger partial charge < -0.3 is 30.7 Å². The molecule has 45 heavy (non-hydrogen) atoms. The molecule has 1 atom stereocenters. The summed E-state index contributed by atoms with van der Waals surface area (Å²) in [7, 11) is 0. The molecule has 8 N–H and O–H groups in total. The van der Waals surface area contributed by atoms with Gasteiger partial charge in [-0.15, -0.1) is 0 Å². The van der Waals surface area contributed by atoms with Gasteiger partial charge in [0, 0.05) is 11.3 Å². The summed E-state index contributed by atoms with van der Waals surface area (Å²) in [6, 6.07) is 15.5. The number of amides is 1. The number of halogens is 4. The van der Waals surface area contributed by atoms with Crippen LogP contribution in [0.5, 0.6) is 11.5 Å². The number of ether oxygens (including phenoxy) is 2. The largest absolute Gasteiger partial charge is 0.490 e. The number of aromatic carboxylic acids is 1. The molecule has 12 nitrogen and oxygen atoms in total. The first-order valence-electron chi connectivity index (χ1n) is 13.1. The predicted molar refractivity (Wildman–Crippen MR) is 161 cm³/mol. The van der Waals surface area contributed by atoms with E-state index in [1.807, 2.05) is 20.8 Å². The Kier molecular flexibility index (Phi) is 12.8. The van der Waals surface area contributed by atoms with Crippen molar-refractivity contribution in [3.05, 3.63) is 82.4 Å². The lowest BCUT2D eigenvalue weighted by molar-refractivity contribution is -0.192. The molecule has 0 spiro atoms. The molecule has 1 amide bonds. The Labute approximate surface area is 260 Å². The number of nitrogens with two attached hydrogens (primary N) is 1. The fraction of sp³-hybridized carbons (Fsp3) is 0.241. The summed E-state index contributed by atoms with van der Waals surface area (Å²) < 4.78 is 43.3. The lowest BCUT2D eigenvalue weighted by Gasteiger charge is -2.23. The third-order valence-electron chi connectivity index (χ3n) is 5.52. The molecule has 3 rings (SSSR count). The number of carboxylic acids is 2. The highest BCUT2D eigenvalue weighted by Gasteiger charge is 2.38. The maximum atomic E-state index is 13.4. The average Bonchev–Trinajstić information content (AvgIpc) is 2.96. The van der Waals surface area contributed by atoms with Gasteiger partial charge in [0.05, 0.1) is 29.0 Å². The first kappa shape index (κ1) is 36.0. The van der Waals surface area contributed by atoms with Crippen molar-refractivity contribution in [2.45, 2.75) is 39.1 Å². The number of hydrogen-bond acceptors (Lipinski definition) is 8. The van der Waals surface area contributed by atoms with Crippen LogP contribution in [0.1, 0.15) is 48.3 Å². The van der Waals surface area contributed by atoms with Gasteiger partial charge in [0.2, 0.25) is 0 Å². The van der Waals surface area contributed by atoms with Gasteiger partial charge in [-0.1, -0.05) is 23.7 Å². The van der Waals surface area contributed by atoms with E-state index in [-0.39, 0.29) is 28.2 Å². The van der Waals surface area contributed by atoms with Crippen LogP contribution < -0.4 is 31.4 Å². The van der Waals surface area contributed by atoms with Crippen LogP contribution >= 0.6 is 11.6 Å². The quantitative estimate of drug-likeness (QED) is 0.0751. The lowest BCUT2D eigenvalue weighted by Crippen LogP contribution is -2.37. The van der Waals surface area contributed by atoms with Gasteiger partial charge in [-0.05, 0) is 74.9 Å². The minimum atomic E-state index is -5.08. The first-order valence-corrected chi connectivity index (χ1v) is 13.4. The van der Waals surface area contributed by atoms with Crippen molar-refractivity contribution < 1.29 is 47.2 Å². The molecule has 0 bridgehead atoms. The Hall–Kier alpha value is -5.18. The zero-order valence-corrected chi connectivity index (χ0v) is 24.9. The Bertz CT molecular complexity index is 1520. The minimum absolute atomic E-state index is 0.0431. The van der Waals surface area contributed by atoms with Gasteiger partial charge in [-0.25, -0.2) is 9.59 Å². The normalized spacial score (nSPS) is 11.4. The van der Waals surface area contributed by atoms with E-state index in [1.54, 1.807) is 48.5 Å². The number of carbonyl (C=O) groups excluding carboxylic acids is 1. The van der Waals surface area contributed by atoms with Gasteiger partial charge >= 0.3 is 18.1 Å². The molecule has 0 saturated carbocycles. The maximum absolute atomic E-state index is 13.4. The molecule has 3 aromatic rings. The summed E-state index contributed by atoms with van der Waals surface area (Å²) in [6.07, 6.45) is -5.16. The van der Waals surface area contributed by atoms with E-state index >= 15 is 0 Å². The molecule has 16 heteroatoms. The van der Waals surface area contributed by atoms with E-state index in [1.165, 1.54) is 12.1 Å². The summed E-state index contributed by atoms with van der Waals surface area (Å²) in [4.78, 5) is 33.7. The Balaban J connectivity index is 0.000000900. The monoisotopic (exact) mass is 653 g/mol. The number of aliphatic carboxylic acids is 1. The Morgan fingerprint density at radius 3 is 2.16 bits per heavy atom. The number of nitrogens with one attached hydrogen (secondary N) is 4. The number of hydrazine groups is 1. The highest BCUT2D eigenvalue weighted by Crippen LogP contribution is 2.33. The topological polar surface area (TPSA) is 196 Å². The molecule has 0 radical (unpaired) electrons. The number of alkyl halides is 3. The number of rotatable bonds is 12. The highest BCUT2D eigenvalue weighted by atomic mass is 35.5. The van der Waals surface area contributed by atoms with Crippen LogP contribution in [0.2, 0.25) is 5.02 Å². The molecule has 0 saturated heterocycles. The van der Waals surface area contributed by atoms with Crippen LogP contribution in [0, 0.1) is 5.41 Å². The zero-order chi connectivity index (χ0) is 33.9.